The number of benzene rings is 1. The van der Waals surface area contributed by atoms with Crippen molar-refractivity contribution in [2.75, 3.05) is 6.61 Å². The molecule has 116 valence electrons. The number of hydrogen-bond acceptors (Lipinski definition) is 2. The Morgan fingerprint density at radius 3 is 2.86 bits per heavy atom. The molecular weight excluding hydrogens is 286 g/mol. The summed E-state index contributed by atoms with van der Waals surface area (Å²) in [6.07, 6.45) is 5.44. The summed E-state index contributed by atoms with van der Waals surface area (Å²) in [5, 5.41) is 13.2. The summed E-state index contributed by atoms with van der Waals surface area (Å²) in [6, 6.07) is 6.07. The Morgan fingerprint density at radius 2 is 2.14 bits per heavy atom. The Hall–Kier alpha value is -1.06. The first-order chi connectivity index (χ1) is 10.1. The number of hydrogen-bond donors (Lipinski definition) is 2. The third-order valence-electron chi connectivity index (χ3n) is 4.37. The number of carbonyl (C=O) groups excluding carboxylic acids is 1. The number of halogens is 1. The van der Waals surface area contributed by atoms with Crippen molar-refractivity contribution >= 4 is 17.5 Å². The Balaban J connectivity index is 1.82. The smallest absolute Gasteiger partial charge is 0.220 e. The van der Waals surface area contributed by atoms with Crippen molar-refractivity contribution in [3.8, 4) is 0 Å². The molecule has 1 aromatic carbocycles. The van der Waals surface area contributed by atoms with Crippen molar-refractivity contribution in [1.82, 2.24) is 5.32 Å². The van der Waals surface area contributed by atoms with Crippen LogP contribution in [0, 0.1) is 12.8 Å². The number of aliphatic hydroxyl groups excluding tert-OH is 1. The van der Waals surface area contributed by atoms with E-state index in [-0.39, 0.29) is 24.5 Å². The molecule has 4 heteroatoms. The molecule has 1 saturated carbocycles. The summed E-state index contributed by atoms with van der Waals surface area (Å²) in [5.41, 5.74) is 2.14. The van der Waals surface area contributed by atoms with E-state index in [4.69, 9.17) is 11.6 Å². The fraction of sp³-hybridized carbons (Fsp3) is 0.588. The van der Waals surface area contributed by atoms with Gasteiger partial charge in [-0.05, 0) is 43.4 Å². The minimum atomic E-state index is 0.0667. The zero-order valence-electron chi connectivity index (χ0n) is 12.6. The van der Waals surface area contributed by atoms with Crippen LogP contribution >= 0.6 is 11.6 Å². The van der Waals surface area contributed by atoms with Gasteiger partial charge in [0.15, 0.2) is 0 Å². The Labute approximate surface area is 131 Å². The minimum Gasteiger partial charge on any atom is -0.396 e. The number of aryl methyl sites for hydroxylation is 2. The molecule has 0 saturated heterocycles. The van der Waals surface area contributed by atoms with E-state index in [9.17, 15) is 9.90 Å². The van der Waals surface area contributed by atoms with E-state index in [2.05, 4.69) is 5.32 Å². The SMILES string of the molecule is Cc1ccc(CCC(=O)NC2CCCCC2CO)cc1Cl. The van der Waals surface area contributed by atoms with E-state index in [0.717, 1.165) is 41.8 Å². The number of nitrogens with one attached hydrogen (secondary N) is 1. The average molecular weight is 310 g/mol. The lowest BCUT2D eigenvalue weighted by Gasteiger charge is -2.30. The second kappa shape index (κ2) is 7.81. The third-order valence-corrected chi connectivity index (χ3v) is 4.77. The van der Waals surface area contributed by atoms with Gasteiger partial charge in [0.25, 0.3) is 0 Å². The summed E-state index contributed by atoms with van der Waals surface area (Å²) >= 11 is 6.09. The molecule has 2 rings (SSSR count). The zero-order chi connectivity index (χ0) is 15.2. The average Bonchev–Trinajstić information content (AvgIpc) is 2.49. The molecule has 1 aliphatic rings. The Morgan fingerprint density at radius 1 is 1.38 bits per heavy atom. The van der Waals surface area contributed by atoms with Crippen molar-refractivity contribution in [2.45, 2.75) is 51.5 Å². The number of carbonyl (C=O) groups is 1. The topological polar surface area (TPSA) is 49.3 Å². The monoisotopic (exact) mass is 309 g/mol. The van der Waals surface area contributed by atoms with Gasteiger partial charge in [-0.25, -0.2) is 0 Å². The van der Waals surface area contributed by atoms with Crippen LogP contribution in [0.4, 0.5) is 0 Å². The first-order valence-corrected chi connectivity index (χ1v) is 8.13. The van der Waals surface area contributed by atoms with Crippen LogP contribution in [0.3, 0.4) is 0 Å². The Bertz CT molecular complexity index is 490. The van der Waals surface area contributed by atoms with Gasteiger partial charge in [-0.2, -0.15) is 0 Å². The van der Waals surface area contributed by atoms with Gasteiger partial charge in [0.1, 0.15) is 0 Å². The van der Waals surface area contributed by atoms with Gasteiger partial charge >= 0.3 is 0 Å². The van der Waals surface area contributed by atoms with Crippen LogP contribution in [0.2, 0.25) is 5.02 Å². The molecule has 1 fully saturated rings. The second-order valence-electron chi connectivity index (χ2n) is 5.98. The van der Waals surface area contributed by atoms with E-state index in [1.54, 1.807) is 0 Å². The van der Waals surface area contributed by atoms with Crippen LogP contribution in [0.5, 0.6) is 0 Å². The van der Waals surface area contributed by atoms with Crippen molar-refractivity contribution in [2.24, 2.45) is 5.92 Å². The van der Waals surface area contributed by atoms with E-state index >= 15 is 0 Å². The number of amides is 1. The van der Waals surface area contributed by atoms with Crippen LogP contribution in [0.25, 0.3) is 0 Å². The second-order valence-corrected chi connectivity index (χ2v) is 6.39. The highest BCUT2D eigenvalue weighted by atomic mass is 35.5. The summed E-state index contributed by atoms with van der Waals surface area (Å²) in [7, 11) is 0. The predicted molar refractivity (Wildman–Crippen MR) is 85.5 cm³/mol. The molecule has 0 aromatic heterocycles. The van der Waals surface area contributed by atoms with Crippen molar-refractivity contribution in [3.63, 3.8) is 0 Å². The molecule has 1 amide bonds. The van der Waals surface area contributed by atoms with Crippen molar-refractivity contribution < 1.29 is 9.90 Å². The van der Waals surface area contributed by atoms with Gasteiger partial charge in [0.05, 0.1) is 0 Å². The molecule has 0 heterocycles. The van der Waals surface area contributed by atoms with Crippen molar-refractivity contribution in [1.29, 1.82) is 0 Å². The normalized spacial score (nSPS) is 22.0. The fourth-order valence-corrected chi connectivity index (χ4v) is 3.15. The van der Waals surface area contributed by atoms with Gasteiger partial charge < -0.3 is 10.4 Å². The lowest BCUT2D eigenvalue weighted by molar-refractivity contribution is -0.122. The third kappa shape index (κ3) is 4.72. The molecule has 1 aliphatic carbocycles. The summed E-state index contributed by atoms with van der Waals surface area (Å²) in [5.74, 6) is 0.286. The number of aliphatic hydroxyl groups is 1. The van der Waals surface area contributed by atoms with E-state index in [0.29, 0.717) is 12.8 Å². The van der Waals surface area contributed by atoms with E-state index < -0.39 is 0 Å². The maximum absolute atomic E-state index is 12.1. The van der Waals surface area contributed by atoms with Gasteiger partial charge in [-0.1, -0.05) is 36.6 Å². The summed E-state index contributed by atoms with van der Waals surface area (Å²) < 4.78 is 0. The first-order valence-electron chi connectivity index (χ1n) is 7.75. The lowest BCUT2D eigenvalue weighted by atomic mass is 9.85. The standard InChI is InChI=1S/C17H24ClNO2/c1-12-6-7-13(10-15(12)18)8-9-17(21)19-16-5-3-2-4-14(16)11-20/h6-7,10,14,16,20H,2-5,8-9,11H2,1H3,(H,19,21). The Kier molecular flexibility index (Phi) is 6.07. The van der Waals surface area contributed by atoms with Gasteiger partial charge in [-0.3, -0.25) is 4.79 Å². The predicted octanol–water partition coefficient (Wildman–Crippen LogP) is 3.25. The summed E-state index contributed by atoms with van der Waals surface area (Å²) in [6.45, 7) is 2.13. The molecule has 2 atom stereocenters. The molecule has 2 N–H and O–H groups in total. The van der Waals surface area contributed by atoms with E-state index in [1.807, 2.05) is 25.1 Å². The quantitative estimate of drug-likeness (QED) is 0.877. The molecule has 1 aromatic rings. The van der Waals surface area contributed by atoms with Crippen LogP contribution < -0.4 is 5.32 Å². The molecule has 0 bridgehead atoms. The largest absolute Gasteiger partial charge is 0.396 e. The molecular formula is C17H24ClNO2. The highest BCUT2D eigenvalue weighted by Gasteiger charge is 2.25. The van der Waals surface area contributed by atoms with Gasteiger partial charge in [-0.15, -0.1) is 0 Å². The maximum Gasteiger partial charge on any atom is 0.220 e. The molecule has 2 unspecified atom stereocenters. The van der Waals surface area contributed by atoms with Crippen LogP contribution in [0.1, 0.15) is 43.2 Å². The van der Waals surface area contributed by atoms with Crippen LogP contribution in [-0.4, -0.2) is 23.7 Å². The van der Waals surface area contributed by atoms with E-state index in [1.165, 1.54) is 0 Å². The molecule has 0 spiro atoms. The highest BCUT2D eigenvalue weighted by molar-refractivity contribution is 6.31. The zero-order valence-corrected chi connectivity index (χ0v) is 13.3. The van der Waals surface area contributed by atoms with Crippen LogP contribution in [-0.2, 0) is 11.2 Å². The lowest BCUT2D eigenvalue weighted by Crippen LogP contribution is -2.43. The highest BCUT2D eigenvalue weighted by Crippen LogP contribution is 2.24. The maximum atomic E-state index is 12.1. The van der Waals surface area contributed by atoms with Gasteiger partial charge in [0.2, 0.25) is 5.91 Å². The molecule has 21 heavy (non-hydrogen) atoms. The fourth-order valence-electron chi connectivity index (χ4n) is 2.94. The first kappa shape index (κ1) is 16.3. The molecule has 3 nitrogen and oxygen atoms in total. The van der Waals surface area contributed by atoms with Crippen molar-refractivity contribution in [3.05, 3.63) is 34.3 Å². The molecule has 0 aliphatic heterocycles. The molecule has 0 radical (unpaired) electrons. The minimum absolute atomic E-state index is 0.0667. The van der Waals surface area contributed by atoms with Crippen LogP contribution in [0.15, 0.2) is 18.2 Å². The van der Waals surface area contributed by atoms with Gasteiger partial charge in [0, 0.05) is 30.0 Å². The number of rotatable bonds is 5. The summed E-state index contributed by atoms with van der Waals surface area (Å²) in [4.78, 5) is 12.1.